The first kappa shape index (κ1) is 26.6. The van der Waals surface area contributed by atoms with Crippen molar-refractivity contribution in [3.8, 4) is 11.5 Å². The van der Waals surface area contributed by atoms with Crippen LogP contribution in [0.4, 0.5) is 14.5 Å². The molecule has 1 unspecified atom stereocenters. The zero-order valence-corrected chi connectivity index (χ0v) is 21.2. The molecule has 13 heteroatoms. The van der Waals surface area contributed by atoms with Crippen LogP contribution in [0.15, 0.2) is 59.2 Å². The lowest BCUT2D eigenvalue weighted by atomic mass is 10.2. The van der Waals surface area contributed by atoms with Gasteiger partial charge in [-0.15, -0.1) is 0 Å². The van der Waals surface area contributed by atoms with E-state index in [2.05, 4.69) is 15.0 Å². The molecule has 0 aliphatic carbocycles. The van der Waals surface area contributed by atoms with Crippen molar-refractivity contribution in [1.29, 1.82) is 0 Å². The monoisotopic (exact) mass is 551 g/mol. The molecule has 2 aliphatic rings. The van der Waals surface area contributed by atoms with Crippen LogP contribution in [0.2, 0.25) is 0 Å². The van der Waals surface area contributed by atoms with E-state index in [4.69, 9.17) is 4.74 Å². The van der Waals surface area contributed by atoms with Crippen LogP contribution in [0.25, 0.3) is 6.08 Å². The van der Waals surface area contributed by atoms with E-state index in [1.807, 2.05) is 0 Å². The van der Waals surface area contributed by atoms with Gasteiger partial charge in [0.15, 0.2) is 15.0 Å². The number of benzene rings is 2. The minimum Gasteiger partial charge on any atom is -0.497 e. The van der Waals surface area contributed by atoms with Gasteiger partial charge < -0.3 is 14.8 Å². The fourth-order valence-electron chi connectivity index (χ4n) is 3.76. The smallest absolute Gasteiger partial charge is 0.387 e. The second-order valence-electron chi connectivity index (χ2n) is 8.17. The molecule has 4 rings (SSSR count). The molecule has 0 bridgehead atoms. The standard InChI is InChI=1S/C24H23F2N3O6S2/c1-34-18-6-2-15(3-7-18)12-20-22(31)29(17-4-8-19(9-5-17)35-23(25)26)24(28-20)36-13-21(30)27-16-10-11-37(32,33)14-16/h2-9,12,16,23H,10-11,13-14H2,1H3,(H,27,30). The molecule has 0 aromatic heterocycles. The number of alkyl halides is 2. The highest BCUT2D eigenvalue weighted by atomic mass is 32.2. The first-order valence-electron chi connectivity index (χ1n) is 11.1. The molecule has 2 aromatic carbocycles. The SMILES string of the molecule is COc1ccc(C=C2N=C(SCC(=O)NC3CCS(=O)(=O)C3)N(c3ccc(OC(F)F)cc3)C2=O)cc1. The maximum Gasteiger partial charge on any atom is 0.387 e. The number of nitrogens with one attached hydrogen (secondary N) is 1. The number of ether oxygens (including phenoxy) is 2. The molecule has 9 nitrogen and oxygen atoms in total. The number of hydrogen-bond acceptors (Lipinski definition) is 8. The summed E-state index contributed by atoms with van der Waals surface area (Å²) in [4.78, 5) is 31.5. The third-order valence-electron chi connectivity index (χ3n) is 5.50. The van der Waals surface area contributed by atoms with Gasteiger partial charge in [0.25, 0.3) is 5.91 Å². The van der Waals surface area contributed by atoms with E-state index in [1.54, 1.807) is 37.5 Å². The number of aliphatic imine (C=N–C) groups is 1. The van der Waals surface area contributed by atoms with Crippen LogP contribution < -0.4 is 19.7 Å². The molecule has 37 heavy (non-hydrogen) atoms. The van der Waals surface area contributed by atoms with E-state index >= 15 is 0 Å². The maximum atomic E-state index is 13.3. The zero-order chi connectivity index (χ0) is 26.6. The van der Waals surface area contributed by atoms with Crippen molar-refractivity contribution in [2.24, 2.45) is 4.99 Å². The number of amidine groups is 1. The second kappa shape index (κ2) is 11.3. The first-order valence-corrected chi connectivity index (χ1v) is 13.9. The quantitative estimate of drug-likeness (QED) is 0.502. The lowest BCUT2D eigenvalue weighted by Crippen LogP contribution is -2.37. The number of nitrogens with zero attached hydrogens (tertiary/aromatic N) is 2. The fourth-order valence-corrected chi connectivity index (χ4v) is 6.26. The number of anilines is 1. The Balaban J connectivity index is 1.54. The minimum absolute atomic E-state index is 0.0326. The lowest BCUT2D eigenvalue weighted by molar-refractivity contribution is -0.119. The molecule has 0 radical (unpaired) electrons. The third kappa shape index (κ3) is 6.86. The minimum atomic E-state index is -3.15. The molecule has 2 aromatic rings. The van der Waals surface area contributed by atoms with Gasteiger partial charge in [-0.25, -0.2) is 13.4 Å². The van der Waals surface area contributed by atoms with Crippen molar-refractivity contribution in [1.82, 2.24) is 5.32 Å². The Morgan fingerprint density at radius 3 is 2.46 bits per heavy atom. The molecule has 2 aliphatic heterocycles. The largest absolute Gasteiger partial charge is 0.497 e. The van der Waals surface area contributed by atoms with Crippen molar-refractivity contribution >= 4 is 50.3 Å². The second-order valence-corrected chi connectivity index (χ2v) is 11.3. The number of halogens is 2. The van der Waals surface area contributed by atoms with Gasteiger partial charge in [0.2, 0.25) is 5.91 Å². The Kier molecular flexibility index (Phi) is 8.13. The van der Waals surface area contributed by atoms with E-state index in [1.165, 1.54) is 29.2 Å². The molecular weight excluding hydrogens is 528 g/mol. The predicted molar refractivity (Wildman–Crippen MR) is 137 cm³/mol. The van der Waals surface area contributed by atoms with Crippen molar-refractivity contribution < 1.29 is 36.3 Å². The van der Waals surface area contributed by atoms with E-state index in [9.17, 15) is 26.8 Å². The summed E-state index contributed by atoms with van der Waals surface area (Å²) in [5, 5.41) is 2.91. The normalized spacial score (nSPS) is 19.8. The van der Waals surface area contributed by atoms with Crippen LogP contribution >= 0.6 is 11.8 Å². The highest BCUT2D eigenvalue weighted by molar-refractivity contribution is 8.14. The summed E-state index contributed by atoms with van der Waals surface area (Å²) in [6.07, 6.45) is 1.94. The highest BCUT2D eigenvalue weighted by Gasteiger charge is 2.33. The first-order chi connectivity index (χ1) is 17.6. The fraction of sp³-hybridized carbons (Fsp3) is 0.292. The van der Waals surface area contributed by atoms with E-state index in [-0.39, 0.29) is 33.9 Å². The number of rotatable bonds is 8. The molecule has 1 atom stereocenters. The number of carbonyl (C=O) groups is 2. The molecule has 0 spiro atoms. The molecule has 1 N–H and O–H groups in total. The molecule has 0 saturated carbocycles. The molecule has 1 saturated heterocycles. The maximum absolute atomic E-state index is 13.3. The Bertz CT molecular complexity index is 1330. The lowest BCUT2D eigenvalue weighted by Gasteiger charge is -2.18. The molecular formula is C24H23F2N3O6S2. The number of sulfone groups is 1. The van der Waals surface area contributed by atoms with Crippen LogP contribution in [0.3, 0.4) is 0 Å². The summed E-state index contributed by atoms with van der Waals surface area (Å²) in [5.41, 5.74) is 1.15. The number of carbonyl (C=O) groups excluding carboxylic acids is 2. The summed E-state index contributed by atoms with van der Waals surface area (Å²) in [6, 6.07) is 12.0. The average molecular weight is 552 g/mol. The van der Waals surface area contributed by atoms with E-state index < -0.39 is 34.3 Å². The van der Waals surface area contributed by atoms with Crippen LogP contribution in [0, 0.1) is 0 Å². The number of thioether (sulfide) groups is 1. The number of hydrogen-bond donors (Lipinski definition) is 1. The van der Waals surface area contributed by atoms with Gasteiger partial charge in [-0.05, 0) is 54.5 Å². The third-order valence-corrected chi connectivity index (χ3v) is 8.21. The molecule has 196 valence electrons. The Labute approximate surface area is 216 Å². The number of methoxy groups -OCH3 is 1. The van der Waals surface area contributed by atoms with Crippen molar-refractivity contribution in [2.45, 2.75) is 19.1 Å². The Morgan fingerprint density at radius 1 is 1.19 bits per heavy atom. The van der Waals surface area contributed by atoms with Crippen LogP contribution in [-0.4, -0.2) is 62.4 Å². The summed E-state index contributed by atoms with van der Waals surface area (Å²) in [6.45, 7) is -2.99. The zero-order valence-electron chi connectivity index (χ0n) is 19.6. The van der Waals surface area contributed by atoms with Gasteiger partial charge in [-0.2, -0.15) is 8.78 Å². The van der Waals surface area contributed by atoms with E-state index in [0.717, 1.165) is 11.8 Å². The summed E-state index contributed by atoms with van der Waals surface area (Å²) in [7, 11) is -1.61. The topological polar surface area (TPSA) is 114 Å². The van der Waals surface area contributed by atoms with E-state index in [0.29, 0.717) is 23.4 Å². The van der Waals surface area contributed by atoms with Crippen LogP contribution in [0.1, 0.15) is 12.0 Å². The van der Waals surface area contributed by atoms with Crippen molar-refractivity contribution in [2.75, 3.05) is 29.3 Å². The van der Waals surface area contributed by atoms with Gasteiger partial charge in [0.1, 0.15) is 17.2 Å². The Hall–Kier alpha value is -3.45. The molecule has 2 amide bonds. The number of amides is 2. The van der Waals surface area contributed by atoms with Gasteiger partial charge >= 0.3 is 6.61 Å². The van der Waals surface area contributed by atoms with Crippen LogP contribution in [-0.2, 0) is 19.4 Å². The predicted octanol–water partition coefficient (Wildman–Crippen LogP) is 3.08. The van der Waals surface area contributed by atoms with Crippen LogP contribution in [0.5, 0.6) is 11.5 Å². The highest BCUT2D eigenvalue weighted by Crippen LogP contribution is 2.31. The average Bonchev–Trinajstić information content (AvgIpc) is 3.36. The molecule has 2 heterocycles. The summed E-state index contributed by atoms with van der Waals surface area (Å²) < 4.78 is 57.9. The van der Waals surface area contributed by atoms with Crippen molar-refractivity contribution in [3.63, 3.8) is 0 Å². The van der Waals surface area contributed by atoms with Gasteiger partial charge in [0.05, 0.1) is 30.1 Å². The van der Waals surface area contributed by atoms with Gasteiger partial charge in [-0.1, -0.05) is 23.9 Å². The molecule has 1 fully saturated rings. The summed E-state index contributed by atoms with van der Waals surface area (Å²) >= 11 is 0.999. The Morgan fingerprint density at radius 2 is 1.86 bits per heavy atom. The van der Waals surface area contributed by atoms with Crippen molar-refractivity contribution in [3.05, 3.63) is 59.8 Å². The van der Waals surface area contributed by atoms with Gasteiger partial charge in [0, 0.05) is 6.04 Å². The summed E-state index contributed by atoms with van der Waals surface area (Å²) in [5.74, 6) is -0.466. The van der Waals surface area contributed by atoms with Gasteiger partial charge in [-0.3, -0.25) is 14.5 Å².